The standard InChI is InChI=1S/C12H18N2O2/c1-12(2,3)8-5-9(13)7-10(6-8)14-11(15)16-4/h5-7H,13H2,1-4H3,(H,14,15). The van der Waals surface area contributed by atoms with Gasteiger partial charge in [0.05, 0.1) is 7.11 Å². The lowest BCUT2D eigenvalue weighted by atomic mass is 9.86. The number of anilines is 2. The van der Waals surface area contributed by atoms with Gasteiger partial charge in [0.25, 0.3) is 0 Å². The largest absolute Gasteiger partial charge is 0.453 e. The van der Waals surface area contributed by atoms with Crippen LogP contribution in [-0.2, 0) is 10.2 Å². The minimum absolute atomic E-state index is 0.0120. The summed E-state index contributed by atoms with van der Waals surface area (Å²) in [5.74, 6) is 0. The van der Waals surface area contributed by atoms with E-state index in [1.165, 1.54) is 7.11 Å². The molecule has 0 aliphatic heterocycles. The molecular weight excluding hydrogens is 204 g/mol. The number of benzene rings is 1. The lowest BCUT2D eigenvalue weighted by Gasteiger charge is -2.20. The third-order valence-corrected chi connectivity index (χ3v) is 2.25. The Morgan fingerprint density at radius 2 is 1.94 bits per heavy atom. The van der Waals surface area contributed by atoms with Gasteiger partial charge >= 0.3 is 6.09 Å². The number of hydrogen-bond donors (Lipinski definition) is 2. The molecule has 0 fully saturated rings. The van der Waals surface area contributed by atoms with Crippen LogP contribution in [0.2, 0.25) is 0 Å². The van der Waals surface area contributed by atoms with E-state index in [0.29, 0.717) is 11.4 Å². The Hall–Kier alpha value is -1.71. The van der Waals surface area contributed by atoms with Gasteiger partial charge < -0.3 is 10.5 Å². The second-order valence-electron chi connectivity index (χ2n) is 4.71. The van der Waals surface area contributed by atoms with E-state index < -0.39 is 6.09 Å². The van der Waals surface area contributed by atoms with E-state index in [-0.39, 0.29) is 5.41 Å². The van der Waals surface area contributed by atoms with Crippen LogP contribution < -0.4 is 11.1 Å². The molecule has 0 heterocycles. The summed E-state index contributed by atoms with van der Waals surface area (Å²) in [7, 11) is 1.33. The first-order chi connectivity index (χ1) is 7.32. The molecule has 1 aromatic carbocycles. The fourth-order valence-electron chi connectivity index (χ4n) is 1.33. The lowest BCUT2D eigenvalue weighted by Crippen LogP contribution is -2.15. The van der Waals surface area contributed by atoms with E-state index in [9.17, 15) is 4.79 Å². The minimum Gasteiger partial charge on any atom is -0.453 e. The molecule has 3 N–H and O–H groups in total. The lowest BCUT2D eigenvalue weighted by molar-refractivity contribution is 0.187. The number of methoxy groups -OCH3 is 1. The number of ether oxygens (including phenoxy) is 1. The highest BCUT2D eigenvalue weighted by Crippen LogP contribution is 2.27. The molecule has 0 radical (unpaired) electrons. The summed E-state index contributed by atoms with van der Waals surface area (Å²) in [6.45, 7) is 6.26. The van der Waals surface area contributed by atoms with Crippen molar-refractivity contribution in [2.45, 2.75) is 26.2 Å². The first kappa shape index (κ1) is 12.4. The van der Waals surface area contributed by atoms with E-state index in [4.69, 9.17) is 5.73 Å². The minimum atomic E-state index is -0.495. The maximum atomic E-state index is 11.1. The summed E-state index contributed by atoms with van der Waals surface area (Å²) in [5.41, 5.74) is 8.11. The van der Waals surface area contributed by atoms with Crippen LogP contribution in [0.4, 0.5) is 16.2 Å². The van der Waals surface area contributed by atoms with Gasteiger partial charge in [-0.1, -0.05) is 20.8 Å². The number of hydrogen-bond acceptors (Lipinski definition) is 3. The Labute approximate surface area is 95.8 Å². The number of nitrogens with two attached hydrogens (primary N) is 1. The zero-order valence-electron chi connectivity index (χ0n) is 10.1. The molecule has 1 amide bonds. The molecule has 0 bridgehead atoms. The smallest absolute Gasteiger partial charge is 0.411 e. The molecule has 88 valence electrons. The van der Waals surface area contributed by atoms with Crippen molar-refractivity contribution in [3.8, 4) is 0 Å². The quantitative estimate of drug-likeness (QED) is 0.718. The summed E-state index contributed by atoms with van der Waals surface area (Å²) in [5, 5.41) is 2.60. The second-order valence-corrected chi connectivity index (χ2v) is 4.71. The van der Waals surface area contributed by atoms with Gasteiger partial charge in [0.2, 0.25) is 0 Å². The van der Waals surface area contributed by atoms with Crippen LogP contribution in [0, 0.1) is 0 Å². The molecule has 0 unspecified atom stereocenters. The van der Waals surface area contributed by atoms with Gasteiger partial charge in [-0.15, -0.1) is 0 Å². The van der Waals surface area contributed by atoms with Crippen LogP contribution in [0.25, 0.3) is 0 Å². The number of carbonyl (C=O) groups excluding carboxylic acids is 1. The molecule has 4 nitrogen and oxygen atoms in total. The zero-order chi connectivity index (χ0) is 12.3. The molecule has 0 atom stereocenters. The van der Waals surface area contributed by atoms with E-state index in [2.05, 4.69) is 30.8 Å². The number of carbonyl (C=O) groups is 1. The van der Waals surface area contributed by atoms with Crippen LogP contribution in [0.3, 0.4) is 0 Å². The van der Waals surface area contributed by atoms with Crippen LogP contribution in [0.15, 0.2) is 18.2 Å². The summed E-state index contributed by atoms with van der Waals surface area (Å²) < 4.78 is 4.53. The third kappa shape index (κ3) is 3.15. The van der Waals surface area contributed by atoms with Crippen LogP contribution >= 0.6 is 0 Å². The number of amides is 1. The molecule has 1 rings (SSSR count). The number of nitrogens with one attached hydrogen (secondary N) is 1. The van der Waals surface area contributed by atoms with Gasteiger partial charge in [-0.05, 0) is 29.2 Å². The van der Waals surface area contributed by atoms with Gasteiger partial charge in [0.15, 0.2) is 0 Å². The van der Waals surface area contributed by atoms with Crippen molar-refractivity contribution in [2.24, 2.45) is 0 Å². The van der Waals surface area contributed by atoms with E-state index in [1.807, 2.05) is 12.1 Å². The molecule has 0 aliphatic rings. The fraction of sp³-hybridized carbons (Fsp3) is 0.417. The van der Waals surface area contributed by atoms with Crippen LogP contribution in [-0.4, -0.2) is 13.2 Å². The highest BCUT2D eigenvalue weighted by atomic mass is 16.5. The summed E-state index contributed by atoms with van der Waals surface area (Å²) in [4.78, 5) is 11.1. The summed E-state index contributed by atoms with van der Waals surface area (Å²) >= 11 is 0. The Morgan fingerprint density at radius 3 is 2.44 bits per heavy atom. The first-order valence-electron chi connectivity index (χ1n) is 5.09. The van der Waals surface area contributed by atoms with E-state index in [1.54, 1.807) is 6.07 Å². The Kier molecular flexibility index (Phi) is 3.42. The van der Waals surface area contributed by atoms with Gasteiger partial charge in [0, 0.05) is 11.4 Å². The normalized spacial score (nSPS) is 11.0. The molecule has 0 saturated heterocycles. The third-order valence-electron chi connectivity index (χ3n) is 2.25. The van der Waals surface area contributed by atoms with Crippen LogP contribution in [0.5, 0.6) is 0 Å². The van der Waals surface area contributed by atoms with Crippen molar-refractivity contribution < 1.29 is 9.53 Å². The number of rotatable bonds is 1. The van der Waals surface area contributed by atoms with E-state index in [0.717, 1.165) is 5.56 Å². The highest BCUT2D eigenvalue weighted by Gasteiger charge is 2.15. The topological polar surface area (TPSA) is 64.3 Å². The van der Waals surface area contributed by atoms with Crippen LogP contribution in [0.1, 0.15) is 26.3 Å². The molecule has 0 spiro atoms. The van der Waals surface area contributed by atoms with Gasteiger partial charge in [-0.25, -0.2) is 4.79 Å². The van der Waals surface area contributed by atoms with Crippen molar-refractivity contribution in [1.82, 2.24) is 0 Å². The van der Waals surface area contributed by atoms with Gasteiger partial charge in [0.1, 0.15) is 0 Å². The zero-order valence-corrected chi connectivity index (χ0v) is 10.1. The maximum absolute atomic E-state index is 11.1. The van der Waals surface area contributed by atoms with Crippen molar-refractivity contribution >= 4 is 17.5 Å². The molecular formula is C12H18N2O2. The first-order valence-corrected chi connectivity index (χ1v) is 5.09. The summed E-state index contributed by atoms with van der Waals surface area (Å²) in [6.07, 6.45) is -0.495. The van der Waals surface area contributed by atoms with E-state index >= 15 is 0 Å². The molecule has 0 saturated carbocycles. The van der Waals surface area contributed by atoms with Crippen molar-refractivity contribution in [1.29, 1.82) is 0 Å². The monoisotopic (exact) mass is 222 g/mol. The molecule has 16 heavy (non-hydrogen) atoms. The molecule has 0 aliphatic carbocycles. The van der Waals surface area contributed by atoms with Crippen molar-refractivity contribution in [3.05, 3.63) is 23.8 Å². The van der Waals surface area contributed by atoms with Crippen molar-refractivity contribution in [2.75, 3.05) is 18.2 Å². The molecule has 1 aromatic rings. The fourth-order valence-corrected chi connectivity index (χ4v) is 1.33. The Balaban J connectivity index is 3.04. The Morgan fingerprint density at radius 1 is 1.31 bits per heavy atom. The molecule has 0 aromatic heterocycles. The maximum Gasteiger partial charge on any atom is 0.411 e. The average Bonchev–Trinajstić information content (AvgIpc) is 2.15. The Bertz CT molecular complexity index is 394. The second kappa shape index (κ2) is 4.43. The highest BCUT2D eigenvalue weighted by molar-refractivity contribution is 5.85. The predicted octanol–water partition coefficient (Wildman–Crippen LogP) is 2.74. The SMILES string of the molecule is COC(=O)Nc1cc(N)cc(C(C)(C)C)c1. The van der Waals surface area contributed by atoms with Crippen molar-refractivity contribution in [3.63, 3.8) is 0 Å². The molecule has 4 heteroatoms. The predicted molar refractivity (Wildman–Crippen MR) is 65.6 cm³/mol. The number of nitrogen functional groups attached to an aromatic ring is 1. The average molecular weight is 222 g/mol. The van der Waals surface area contributed by atoms with Gasteiger partial charge in [-0.3, -0.25) is 5.32 Å². The van der Waals surface area contributed by atoms with Gasteiger partial charge in [-0.2, -0.15) is 0 Å². The summed E-state index contributed by atoms with van der Waals surface area (Å²) in [6, 6.07) is 5.50.